The zero-order valence-electron chi connectivity index (χ0n) is 12.3. The first kappa shape index (κ1) is 14.1. The predicted octanol–water partition coefficient (Wildman–Crippen LogP) is 1.83. The van der Waals surface area contributed by atoms with Crippen LogP contribution < -0.4 is 10.2 Å². The molecule has 0 amide bonds. The zero-order chi connectivity index (χ0) is 13.7. The van der Waals surface area contributed by atoms with Crippen LogP contribution in [0.3, 0.4) is 0 Å². The van der Waals surface area contributed by atoms with E-state index in [0.29, 0.717) is 6.04 Å². The Balaban J connectivity index is 1.99. The molecule has 0 saturated carbocycles. The molecule has 1 aliphatic rings. The minimum absolute atomic E-state index is 0.590. The van der Waals surface area contributed by atoms with Crippen LogP contribution in [0.1, 0.15) is 26.7 Å². The van der Waals surface area contributed by atoms with E-state index in [-0.39, 0.29) is 0 Å². The molecule has 2 heterocycles. The van der Waals surface area contributed by atoms with Crippen molar-refractivity contribution < 1.29 is 0 Å². The first-order valence-electron chi connectivity index (χ1n) is 7.26. The molecular formula is C14H25N5. The monoisotopic (exact) mass is 263 g/mol. The van der Waals surface area contributed by atoms with Crippen LogP contribution in [0.5, 0.6) is 0 Å². The van der Waals surface area contributed by atoms with Crippen molar-refractivity contribution in [1.29, 1.82) is 0 Å². The summed E-state index contributed by atoms with van der Waals surface area (Å²) in [6, 6.07) is 2.58. The number of likely N-dealkylation sites (tertiary alicyclic amines) is 1. The average molecular weight is 263 g/mol. The summed E-state index contributed by atoms with van der Waals surface area (Å²) in [5, 5.41) is 3.16. The molecule has 5 heteroatoms. The molecule has 0 bridgehead atoms. The van der Waals surface area contributed by atoms with Crippen molar-refractivity contribution in [2.75, 3.05) is 43.4 Å². The van der Waals surface area contributed by atoms with Crippen LogP contribution in [0, 0.1) is 0 Å². The molecule has 1 N–H and O–H groups in total. The summed E-state index contributed by atoms with van der Waals surface area (Å²) in [5.74, 6) is 1.73. The van der Waals surface area contributed by atoms with Gasteiger partial charge in [-0.2, -0.15) is 4.98 Å². The summed E-state index contributed by atoms with van der Waals surface area (Å²) in [5.41, 5.74) is 0. The summed E-state index contributed by atoms with van der Waals surface area (Å²) in [6.07, 6.45) is 4.26. The number of anilines is 2. The number of rotatable bonds is 5. The highest BCUT2D eigenvalue weighted by Gasteiger charge is 2.22. The molecule has 1 aromatic heterocycles. The molecule has 1 fully saturated rings. The molecule has 0 radical (unpaired) electrons. The molecule has 106 valence electrons. The van der Waals surface area contributed by atoms with Crippen LogP contribution >= 0.6 is 0 Å². The fourth-order valence-electron chi connectivity index (χ4n) is 2.60. The summed E-state index contributed by atoms with van der Waals surface area (Å²) >= 11 is 0. The third kappa shape index (κ3) is 3.56. The van der Waals surface area contributed by atoms with Gasteiger partial charge in [0.15, 0.2) is 0 Å². The fourth-order valence-corrected chi connectivity index (χ4v) is 2.60. The zero-order valence-corrected chi connectivity index (χ0v) is 12.3. The van der Waals surface area contributed by atoms with Gasteiger partial charge in [-0.25, -0.2) is 4.98 Å². The van der Waals surface area contributed by atoms with Gasteiger partial charge in [-0.3, -0.25) is 0 Å². The Morgan fingerprint density at radius 3 is 2.74 bits per heavy atom. The fraction of sp³-hybridized carbons (Fsp3) is 0.714. The largest absolute Gasteiger partial charge is 0.356 e. The second-order valence-electron chi connectivity index (χ2n) is 5.05. The Hall–Kier alpha value is -1.36. The molecule has 0 aromatic carbocycles. The quantitative estimate of drug-likeness (QED) is 0.878. The lowest BCUT2D eigenvalue weighted by Gasteiger charge is -2.36. The molecule has 19 heavy (non-hydrogen) atoms. The topological polar surface area (TPSA) is 44.3 Å². The van der Waals surface area contributed by atoms with Gasteiger partial charge in [-0.15, -0.1) is 0 Å². The second-order valence-corrected chi connectivity index (χ2v) is 5.05. The highest BCUT2D eigenvalue weighted by Crippen LogP contribution is 2.20. The van der Waals surface area contributed by atoms with E-state index in [4.69, 9.17) is 0 Å². The lowest BCUT2D eigenvalue weighted by molar-refractivity contribution is 0.220. The van der Waals surface area contributed by atoms with Crippen molar-refractivity contribution >= 4 is 11.8 Å². The van der Waals surface area contributed by atoms with Crippen LogP contribution in [-0.2, 0) is 0 Å². The van der Waals surface area contributed by atoms with E-state index in [1.807, 2.05) is 12.3 Å². The van der Waals surface area contributed by atoms with E-state index in [2.05, 4.69) is 46.0 Å². The maximum atomic E-state index is 4.57. The van der Waals surface area contributed by atoms with Crippen molar-refractivity contribution in [1.82, 2.24) is 14.9 Å². The third-order valence-corrected chi connectivity index (χ3v) is 3.89. The molecule has 1 aromatic rings. The molecule has 1 aliphatic heterocycles. The molecule has 0 atom stereocenters. The normalized spacial score (nSPS) is 17.4. The summed E-state index contributed by atoms with van der Waals surface area (Å²) in [4.78, 5) is 13.6. The van der Waals surface area contributed by atoms with Crippen molar-refractivity contribution in [3.63, 3.8) is 0 Å². The lowest BCUT2D eigenvalue weighted by atomic mass is 10.0. The van der Waals surface area contributed by atoms with Gasteiger partial charge in [-0.1, -0.05) is 6.92 Å². The van der Waals surface area contributed by atoms with E-state index < -0.39 is 0 Å². The maximum absolute atomic E-state index is 4.57. The number of piperidine rings is 1. The van der Waals surface area contributed by atoms with Gasteiger partial charge in [0.1, 0.15) is 5.82 Å². The van der Waals surface area contributed by atoms with Crippen LogP contribution in [0.2, 0.25) is 0 Å². The van der Waals surface area contributed by atoms with Gasteiger partial charge >= 0.3 is 0 Å². The average Bonchev–Trinajstić information content (AvgIpc) is 2.47. The molecule has 2 rings (SSSR count). The second kappa shape index (κ2) is 6.70. The Morgan fingerprint density at radius 1 is 1.37 bits per heavy atom. The van der Waals surface area contributed by atoms with E-state index in [0.717, 1.165) is 24.9 Å². The molecule has 0 spiro atoms. The van der Waals surface area contributed by atoms with Gasteiger partial charge in [0.05, 0.1) is 0 Å². The van der Waals surface area contributed by atoms with Gasteiger partial charge in [0, 0.05) is 38.9 Å². The smallest absolute Gasteiger partial charge is 0.224 e. The maximum Gasteiger partial charge on any atom is 0.224 e. The number of hydrogen-bond donors (Lipinski definition) is 1. The number of nitrogens with one attached hydrogen (secondary N) is 1. The summed E-state index contributed by atoms with van der Waals surface area (Å²) in [7, 11) is 2.14. The van der Waals surface area contributed by atoms with Crippen molar-refractivity contribution in [2.24, 2.45) is 0 Å². The Morgan fingerprint density at radius 2 is 2.11 bits per heavy atom. The minimum Gasteiger partial charge on any atom is -0.356 e. The SMILES string of the molecule is CCNc1nccc(N(C)C2CCN(CC)CC2)n1. The van der Waals surface area contributed by atoms with E-state index >= 15 is 0 Å². The minimum atomic E-state index is 0.590. The highest BCUT2D eigenvalue weighted by atomic mass is 15.2. The summed E-state index contributed by atoms with van der Waals surface area (Å²) in [6.45, 7) is 8.68. The van der Waals surface area contributed by atoms with E-state index in [1.54, 1.807) is 0 Å². The number of aromatic nitrogens is 2. The van der Waals surface area contributed by atoms with Gasteiger partial charge in [0.2, 0.25) is 5.95 Å². The van der Waals surface area contributed by atoms with Crippen LogP contribution in [0.15, 0.2) is 12.3 Å². The molecule has 0 unspecified atom stereocenters. The van der Waals surface area contributed by atoms with Crippen LogP contribution in [0.4, 0.5) is 11.8 Å². The number of nitrogens with zero attached hydrogens (tertiary/aromatic N) is 4. The van der Waals surface area contributed by atoms with Crippen molar-refractivity contribution in [3.05, 3.63) is 12.3 Å². The predicted molar refractivity (Wildman–Crippen MR) is 79.7 cm³/mol. The Labute approximate surface area is 116 Å². The van der Waals surface area contributed by atoms with Crippen molar-refractivity contribution in [3.8, 4) is 0 Å². The Kier molecular flexibility index (Phi) is 4.96. The van der Waals surface area contributed by atoms with Gasteiger partial charge in [-0.05, 0) is 32.4 Å². The lowest BCUT2D eigenvalue weighted by Crippen LogP contribution is -2.43. The van der Waals surface area contributed by atoms with Crippen LogP contribution in [-0.4, -0.2) is 54.1 Å². The molecular weight excluding hydrogens is 238 g/mol. The van der Waals surface area contributed by atoms with Gasteiger partial charge in [0.25, 0.3) is 0 Å². The van der Waals surface area contributed by atoms with Gasteiger partial charge < -0.3 is 15.1 Å². The standard InChI is InChI=1S/C14H25N5/c1-4-15-14-16-9-6-13(17-14)18(3)12-7-10-19(5-2)11-8-12/h6,9,12H,4-5,7-8,10-11H2,1-3H3,(H,15,16,17). The molecule has 5 nitrogen and oxygen atoms in total. The third-order valence-electron chi connectivity index (χ3n) is 3.89. The Bertz CT molecular complexity index is 387. The van der Waals surface area contributed by atoms with Crippen LogP contribution in [0.25, 0.3) is 0 Å². The van der Waals surface area contributed by atoms with E-state index in [1.165, 1.54) is 25.9 Å². The van der Waals surface area contributed by atoms with E-state index in [9.17, 15) is 0 Å². The van der Waals surface area contributed by atoms with Crippen molar-refractivity contribution in [2.45, 2.75) is 32.7 Å². The first-order chi connectivity index (χ1) is 9.24. The summed E-state index contributed by atoms with van der Waals surface area (Å²) < 4.78 is 0. The highest BCUT2D eigenvalue weighted by molar-refractivity contribution is 5.42. The molecule has 0 aliphatic carbocycles. The first-order valence-corrected chi connectivity index (χ1v) is 7.26. The molecule has 1 saturated heterocycles. The number of hydrogen-bond acceptors (Lipinski definition) is 5.